The smallest absolute Gasteiger partial charge is 0.169 e. The monoisotopic (exact) mass is 315 g/mol. The van der Waals surface area contributed by atoms with Crippen LogP contribution in [-0.2, 0) is 6.54 Å². The van der Waals surface area contributed by atoms with E-state index in [2.05, 4.69) is 15.1 Å². The summed E-state index contributed by atoms with van der Waals surface area (Å²) in [5.74, 6) is -0.233. The molecular weight excluding hydrogens is 297 g/mol. The summed E-state index contributed by atoms with van der Waals surface area (Å²) < 4.78 is 13.8. The largest absolute Gasteiger partial charge is 0.363 e. The summed E-state index contributed by atoms with van der Waals surface area (Å²) in [7, 11) is 0. The van der Waals surface area contributed by atoms with Crippen LogP contribution < -0.4 is 5.32 Å². The van der Waals surface area contributed by atoms with Crippen LogP contribution in [0.4, 0.5) is 4.39 Å². The molecule has 1 aliphatic heterocycles. The molecule has 0 aliphatic carbocycles. The van der Waals surface area contributed by atoms with E-state index in [0.29, 0.717) is 17.1 Å². The van der Waals surface area contributed by atoms with Crippen molar-refractivity contribution >= 4 is 28.9 Å². The Morgan fingerprint density at radius 1 is 1.35 bits per heavy atom. The molecule has 0 aromatic heterocycles. The van der Waals surface area contributed by atoms with Gasteiger partial charge in [0.15, 0.2) is 5.11 Å². The van der Waals surface area contributed by atoms with Crippen molar-refractivity contribution in [3.05, 3.63) is 34.6 Å². The lowest BCUT2D eigenvalue weighted by molar-refractivity contribution is 0.173. The first-order valence-electron chi connectivity index (χ1n) is 6.80. The van der Waals surface area contributed by atoms with E-state index in [4.69, 9.17) is 23.8 Å². The SMILES string of the molecule is CCNC(=S)N1CCN(Cc2c(F)cccc2Cl)CC1. The van der Waals surface area contributed by atoms with Crippen LogP contribution in [0.3, 0.4) is 0 Å². The number of hydrogen-bond donors (Lipinski definition) is 1. The molecule has 1 saturated heterocycles. The minimum atomic E-state index is -0.233. The zero-order chi connectivity index (χ0) is 14.5. The zero-order valence-corrected chi connectivity index (χ0v) is 13.1. The van der Waals surface area contributed by atoms with Crippen LogP contribution in [0.2, 0.25) is 5.02 Å². The lowest BCUT2D eigenvalue weighted by Crippen LogP contribution is -2.51. The van der Waals surface area contributed by atoms with Crippen molar-refractivity contribution in [2.24, 2.45) is 0 Å². The molecule has 1 N–H and O–H groups in total. The second kappa shape index (κ2) is 7.20. The molecule has 2 rings (SSSR count). The molecule has 0 bridgehead atoms. The van der Waals surface area contributed by atoms with Crippen LogP contribution in [0.1, 0.15) is 12.5 Å². The van der Waals surface area contributed by atoms with Gasteiger partial charge in [0.05, 0.1) is 0 Å². The Bertz CT molecular complexity index is 455. The Kier molecular flexibility index (Phi) is 5.57. The van der Waals surface area contributed by atoms with Crippen LogP contribution in [0.15, 0.2) is 18.2 Å². The molecule has 0 saturated carbocycles. The number of piperazine rings is 1. The van der Waals surface area contributed by atoms with Gasteiger partial charge >= 0.3 is 0 Å². The molecular formula is C14H19ClFN3S. The Balaban J connectivity index is 1.90. The highest BCUT2D eigenvalue weighted by atomic mass is 35.5. The molecule has 0 amide bonds. The normalized spacial score (nSPS) is 16.2. The number of rotatable bonds is 3. The maximum atomic E-state index is 13.8. The maximum Gasteiger partial charge on any atom is 0.169 e. The summed E-state index contributed by atoms with van der Waals surface area (Å²) in [6.45, 7) is 6.85. The van der Waals surface area contributed by atoms with Gasteiger partial charge in [-0.2, -0.15) is 0 Å². The fourth-order valence-electron chi connectivity index (χ4n) is 2.28. The molecule has 1 heterocycles. The molecule has 110 valence electrons. The molecule has 1 fully saturated rings. The van der Waals surface area contributed by atoms with Gasteiger partial charge in [-0.1, -0.05) is 17.7 Å². The molecule has 1 aliphatic rings. The summed E-state index contributed by atoms with van der Waals surface area (Å²) >= 11 is 11.4. The zero-order valence-electron chi connectivity index (χ0n) is 11.5. The van der Waals surface area contributed by atoms with Crippen molar-refractivity contribution in [1.29, 1.82) is 0 Å². The highest BCUT2D eigenvalue weighted by Gasteiger charge is 2.20. The molecule has 0 atom stereocenters. The van der Waals surface area contributed by atoms with E-state index in [-0.39, 0.29) is 5.82 Å². The van der Waals surface area contributed by atoms with Crippen LogP contribution in [0, 0.1) is 5.82 Å². The highest BCUT2D eigenvalue weighted by molar-refractivity contribution is 7.80. The third-order valence-corrected chi connectivity index (χ3v) is 4.19. The summed E-state index contributed by atoms with van der Waals surface area (Å²) in [5.41, 5.74) is 0.580. The predicted molar refractivity (Wildman–Crippen MR) is 84.5 cm³/mol. The molecule has 1 aromatic rings. The highest BCUT2D eigenvalue weighted by Crippen LogP contribution is 2.21. The van der Waals surface area contributed by atoms with E-state index in [1.165, 1.54) is 6.07 Å². The molecule has 6 heteroatoms. The van der Waals surface area contributed by atoms with Gasteiger partial charge in [0.25, 0.3) is 0 Å². The van der Waals surface area contributed by atoms with Crippen LogP contribution in [-0.4, -0.2) is 47.6 Å². The summed E-state index contributed by atoms with van der Waals surface area (Å²) in [4.78, 5) is 4.35. The van der Waals surface area contributed by atoms with Crippen molar-refractivity contribution in [1.82, 2.24) is 15.1 Å². The molecule has 1 aromatic carbocycles. The quantitative estimate of drug-likeness (QED) is 0.864. The van der Waals surface area contributed by atoms with Gasteiger partial charge in [0, 0.05) is 49.9 Å². The number of thiocarbonyl (C=S) groups is 1. The van der Waals surface area contributed by atoms with Crippen molar-refractivity contribution in [2.45, 2.75) is 13.5 Å². The third-order valence-electron chi connectivity index (χ3n) is 3.43. The molecule has 0 radical (unpaired) electrons. The Morgan fingerprint density at radius 3 is 2.65 bits per heavy atom. The average Bonchev–Trinajstić information content (AvgIpc) is 2.44. The van der Waals surface area contributed by atoms with E-state index in [1.807, 2.05) is 6.92 Å². The van der Waals surface area contributed by atoms with E-state index in [0.717, 1.165) is 37.8 Å². The third kappa shape index (κ3) is 3.81. The lowest BCUT2D eigenvalue weighted by Gasteiger charge is -2.36. The fraction of sp³-hybridized carbons (Fsp3) is 0.500. The minimum absolute atomic E-state index is 0.233. The van der Waals surface area contributed by atoms with E-state index >= 15 is 0 Å². The van der Waals surface area contributed by atoms with Gasteiger partial charge in [-0.05, 0) is 31.3 Å². The van der Waals surface area contributed by atoms with Gasteiger partial charge in [-0.15, -0.1) is 0 Å². The molecule has 0 unspecified atom stereocenters. The fourth-order valence-corrected chi connectivity index (χ4v) is 2.83. The summed E-state index contributed by atoms with van der Waals surface area (Å²) in [6, 6.07) is 4.82. The van der Waals surface area contributed by atoms with Crippen LogP contribution in [0.25, 0.3) is 0 Å². The first kappa shape index (κ1) is 15.5. The van der Waals surface area contributed by atoms with Gasteiger partial charge in [0.2, 0.25) is 0 Å². The standard InChI is InChI=1S/C14H19ClFN3S/c1-2-17-14(20)19-8-6-18(7-9-19)10-11-12(15)4-3-5-13(11)16/h3-5H,2,6-10H2,1H3,(H,17,20). The molecule has 20 heavy (non-hydrogen) atoms. The first-order chi connectivity index (χ1) is 9.61. The van der Waals surface area contributed by atoms with Crippen LogP contribution in [0.5, 0.6) is 0 Å². The Morgan fingerprint density at radius 2 is 2.05 bits per heavy atom. The number of benzene rings is 1. The average molecular weight is 316 g/mol. The van der Waals surface area contributed by atoms with E-state index in [9.17, 15) is 4.39 Å². The first-order valence-corrected chi connectivity index (χ1v) is 7.58. The molecule has 3 nitrogen and oxygen atoms in total. The summed E-state index contributed by atoms with van der Waals surface area (Å²) in [5, 5.41) is 4.45. The predicted octanol–water partition coefficient (Wildman–Crippen LogP) is 2.49. The van der Waals surface area contributed by atoms with Crippen molar-refractivity contribution < 1.29 is 4.39 Å². The Labute approximate surface area is 129 Å². The number of halogens is 2. The van der Waals surface area contributed by atoms with Crippen molar-refractivity contribution in [3.63, 3.8) is 0 Å². The van der Waals surface area contributed by atoms with Crippen LogP contribution >= 0.6 is 23.8 Å². The maximum absolute atomic E-state index is 13.8. The number of nitrogens with one attached hydrogen (secondary N) is 1. The Hall–Kier alpha value is -0.910. The number of hydrogen-bond acceptors (Lipinski definition) is 2. The van der Waals surface area contributed by atoms with Crippen molar-refractivity contribution in [3.8, 4) is 0 Å². The van der Waals surface area contributed by atoms with Crippen molar-refractivity contribution in [2.75, 3.05) is 32.7 Å². The topological polar surface area (TPSA) is 18.5 Å². The van der Waals surface area contributed by atoms with Gasteiger partial charge in [-0.3, -0.25) is 4.90 Å². The summed E-state index contributed by atoms with van der Waals surface area (Å²) in [6.07, 6.45) is 0. The second-order valence-electron chi connectivity index (χ2n) is 4.80. The number of nitrogens with zero attached hydrogens (tertiary/aromatic N) is 2. The second-order valence-corrected chi connectivity index (χ2v) is 5.59. The van der Waals surface area contributed by atoms with Gasteiger partial charge in [-0.25, -0.2) is 4.39 Å². The minimum Gasteiger partial charge on any atom is -0.363 e. The molecule has 0 spiro atoms. The van der Waals surface area contributed by atoms with E-state index in [1.54, 1.807) is 12.1 Å². The lowest BCUT2D eigenvalue weighted by atomic mass is 10.2. The van der Waals surface area contributed by atoms with Gasteiger partial charge < -0.3 is 10.2 Å². The van der Waals surface area contributed by atoms with Gasteiger partial charge in [0.1, 0.15) is 5.82 Å². The van der Waals surface area contributed by atoms with E-state index < -0.39 is 0 Å².